The van der Waals surface area contributed by atoms with Crippen LogP contribution in [0.25, 0.3) is 0 Å². The molecule has 0 radical (unpaired) electrons. The number of aromatic nitrogens is 2. The molecule has 0 unspecified atom stereocenters. The van der Waals surface area contributed by atoms with E-state index in [0.717, 1.165) is 18.6 Å². The van der Waals surface area contributed by atoms with Crippen molar-refractivity contribution in [3.05, 3.63) is 47.3 Å². The molecule has 2 aliphatic rings. The molecule has 3 amide bonds. The predicted molar refractivity (Wildman–Crippen MR) is 99.3 cm³/mol. The number of hydrogen-bond donors (Lipinski definition) is 2. The van der Waals surface area contributed by atoms with E-state index in [-0.39, 0.29) is 30.2 Å². The van der Waals surface area contributed by atoms with Crippen LogP contribution in [0.2, 0.25) is 0 Å². The van der Waals surface area contributed by atoms with Gasteiger partial charge in [-0.15, -0.1) is 0 Å². The molecule has 0 spiro atoms. The maximum Gasteiger partial charge on any atom is 0.322 e. The summed E-state index contributed by atoms with van der Waals surface area (Å²) in [5.41, 5.74) is 1.19. The van der Waals surface area contributed by atoms with Crippen molar-refractivity contribution in [3.8, 4) is 0 Å². The third kappa shape index (κ3) is 3.93. The van der Waals surface area contributed by atoms with Crippen molar-refractivity contribution in [3.63, 3.8) is 0 Å². The van der Waals surface area contributed by atoms with Crippen molar-refractivity contribution >= 4 is 17.6 Å². The van der Waals surface area contributed by atoms with E-state index in [0.29, 0.717) is 31.0 Å². The summed E-state index contributed by atoms with van der Waals surface area (Å²) in [5.74, 6) is -2.28. The first-order chi connectivity index (χ1) is 13.9. The Labute approximate surface area is 165 Å². The third-order valence-corrected chi connectivity index (χ3v) is 5.18. The molecule has 2 atom stereocenters. The molecule has 29 heavy (non-hydrogen) atoms. The van der Waals surface area contributed by atoms with Gasteiger partial charge in [0.25, 0.3) is 5.91 Å². The number of rotatable bonds is 3. The van der Waals surface area contributed by atoms with E-state index < -0.39 is 17.7 Å². The highest BCUT2D eigenvalue weighted by Crippen LogP contribution is 2.22. The Morgan fingerprint density at radius 1 is 1.28 bits per heavy atom. The summed E-state index contributed by atoms with van der Waals surface area (Å²) in [5, 5.41) is 9.78. The van der Waals surface area contributed by atoms with Crippen molar-refractivity contribution in [2.75, 3.05) is 18.5 Å². The Hall–Kier alpha value is -3.01. The second kappa shape index (κ2) is 7.78. The fourth-order valence-corrected chi connectivity index (χ4v) is 3.54. The molecule has 1 fully saturated rings. The molecule has 3 heterocycles. The summed E-state index contributed by atoms with van der Waals surface area (Å²) in [6, 6.07) is 2.47. The number of hydrogen-bond acceptors (Lipinski definition) is 4. The number of carbonyl (C=O) groups excluding carboxylic acids is 2. The van der Waals surface area contributed by atoms with Crippen LogP contribution in [0.5, 0.6) is 0 Å². The van der Waals surface area contributed by atoms with E-state index in [1.165, 1.54) is 17.2 Å². The molecule has 0 bridgehead atoms. The Bertz CT molecular complexity index is 942. The summed E-state index contributed by atoms with van der Waals surface area (Å²) < 4.78 is 33.5. The normalized spacial score (nSPS) is 21.0. The zero-order chi connectivity index (χ0) is 20.5. The van der Waals surface area contributed by atoms with Gasteiger partial charge in [-0.2, -0.15) is 5.10 Å². The van der Waals surface area contributed by atoms with Gasteiger partial charge in [-0.25, -0.2) is 13.6 Å². The monoisotopic (exact) mass is 405 g/mol. The van der Waals surface area contributed by atoms with Crippen LogP contribution >= 0.6 is 0 Å². The molecule has 4 rings (SSSR count). The number of carbonyl (C=O) groups is 2. The maximum absolute atomic E-state index is 13.4. The number of halogens is 2. The Morgan fingerprint density at radius 2 is 2.10 bits per heavy atom. The topological polar surface area (TPSA) is 88.5 Å². The molecule has 0 aliphatic carbocycles. The average Bonchev–Trinajstić information content (AvgIpc) is 3.33. The first-order valence-electron chi connectivity index (χ1n) is 9.38. The molecule has 2 aromatic rings. The third-order valence-electron chi connectivity index (χ3n) is 5.18. The van der Waals surface area contributed by atoms with Gasteiger partial charge >= 0.3 is 6.03 Å². The van der Waals surface area contributed by atoms with Gasteiger partial charge in [0.15, 0.2) is 11.6 Å². The standard InChI is InChI=1S/C19H21F2N5O3/c1-11-8-26-17(14(7-22-26)18(27)23-13-4-5-29-10-13)9-25(11)19(28)24-12-2-3-15(20)16(21)6-12/h2-3,6-7,11,13H,4-5,8-10H2,1H3,(H,23,27)(H,24,28)/t11-,13-/m0/s1. The van der Waals surface area contributed by atoms with Gasteiger partial charge in [0.1, 0.15) is 0 Å². The average molecular weight is 405 g/mol. The predicted octanol–water partition coefficient (Wildman–Crippen LogP) is 2.12. The lowest BCUT2D eigenvalue weighted by Crippen LogP contribution is -2.47. The van der Waals surface area contributed by atoms with Crippen LogP contribution in [-0.2, 0) is 17.8 Å². The molecule has 10 heteroatoms. The number of amides is 3. The van der Waals surface area contributed by atoms with Crippen LogP contribution < -0.4 is 10.6 Å². The lowest BCUT2D eigenvalue weighted by molar-refractivity contribution is 0.0924. The highest BCUT2D eigenvalue weighted by Gasteiger charge is 2.32. The fraction of sp³-hybridized carbons (Fsp3) is 0.421. The van der Waals surface area contributed by atoms with Crippen LogP contribution in [0.4, 0.5) is 19.3 Å². The van der Waals surface area contributed by atoms with E-state index >= 15 is 0 Å². The van der Waals surface area contributed by atoms with E-state index in [1.807, 2.05) is 6.92 Å². The summed E-state index contributed by atoms with van der Waals surface area (Å²) in [6.45, 7) is 3.54. The molecule has 2 aliphatic heterocycles. The molecule has 0 saturated carbocycles. The lowest BCUT2D eigenvalue weighted by Gasteiger charge is -2.34. The second-order valence-electron chi connectivity index (χ2n) is 7.26. The Morgan fingerprint density at radius 3 is 2.83 bits per heavy atom. The van der Waals surface area contributed by atoms with Gasteiger partial charge < -0.3 is 20.3 Å². The van der Waals surface area contributed by atoms with Gasteiger partial charge in [0.2, 0.25) is 0 Å². The van der Waals surface area contributed by atoms with Gasteiger partial charge in [-0.1, -0.05) is 0 Å². The maximum atomic E-state index is 13.4. The van der Waals surface area contributed by atoms with Crippen molar-refractivity contribution in [2.24, 2.45) is 0 Å². The zero-order valence-electron chi connectivity index (χ0n) is 15.8. The molecule has 1 saturated heterocycles. The smallest absolute Gasteiger partial charge is 0.322 e. The quantitative estimate of drug-likeness (QED) is 0.819. The van der Waals surface area contributed by atoms with Gasteiger partial charge in [0.05, 0.1) is 49.2 Å². The van der Waals surface area contributed by atoms with Crippen molar-refractivity contribution in [1.29, 1.82) is 0 Å². The number of ether oxygens (including phenoxy) is 1. The summed E-state index contributed by atoms with van der Waals surface area (Å²) >= 11 is 0. The van der Waals surface area contributed by atoms with Crippen molar-refractivity contribution in [1.82, 2.24) is 20.0 Å². The number of anilines is 1. The number of urea groups is 1. The minimum absolute atomic E-state index is 0.0339. The van der Waals surface area contributed by atoms with Crippen LogP contribution in [0, 0.1) is 11.6 Å². The minimum Gasteiger partial charge on any atom is -0.379 e. The highest BCUT2D eigenvalue weighted by molar-refractivity contribution is 5.96. The van der Waals surface area contributed by atoms with Crippen molar-refractivity contribution in [2.45, 2.75) is 38.5 Å². The summed E-state index contributed by atoms with van der Waals surface area (Å²) in [7, 11) is 0. The first kappa shape index (κ1) is 19.3. The van der Waals surface area contributed by atoms with E-state index in [9.17, 15) is 18.4 Å². The number of benzene rings is 1. The number of nitrogens with one attached hydrogen (secondary N) is 2. The van der Waals surface area contributed by atoms with Crippen molar-refractivity contribution < 1.29 is 23.1 Å². The van der Waals surface area contributed by atoms with E-state index in [2.05, 4.69) is 15.7 Å². The van der Waals surface area contributed by atoms with Gasteiger partial charge in [0, 0.05) is 18.4 Å². The van der Waals surface area contributed by atoms with Gasteiger partial charge in [-0.3, -0.25) is 9.48 Å². The highest BCUT2D eigenvalue weighted by atomic mass is 19.2. The van der Waals surface area contributed by atoms with Crippen LogP contribution in [0.1, 0.15) is 29.4 Å². The number of nitrogens with zero attached hydrogens (tertiary/aromatic N) is 3. The van der Waals surface area contributed by atoms with Crippen LogP contribution in [0.3, 0.4) is 0 Å². The fourth-order valence-electron chi connectivity index (χ4n) is 3.54. The second-order valence-corrected chi connectivity index (χ2v) is 7.26. The Kier molecular flexibility index (Phi) is 5.18. The van der Waals surface area contributed by atoms with E-state index in [4.69, 9.17) is 4.74 Å². The zero-order valence-corrected chi connectivity index (χ0v) is 15.8. The minimum atomic E-state index is -1.04. The molecular formula is C19H21F2N5O3. The molecule has 154 valence electrons. The van der Waals surface area contributed by atoms with E-state index in [1.54, 1.807) is 4.68 Å². The largest absolute Gasteiger partial charge is 0.379 e. The van der Waals surface area contributed by atoms with Gasteiger partial charge in [-0.05, 0) is 25.5 Å². The Balaban J connectivity index is 1.49. The van der Waals surface area contributed by atoms with Crippen LogP contribution in [0.15, 0.2) is 24.4 Å². The summed E-state index contributed by atoms with van der Waals surface area (Å²) in [6.07, 6.45) is 2.26. The SMILES string of the molecule is C[C@H]1Cn2ncc(C(=O)N[C@H]3CCOC3)c2CN1C(=O)Nc1ccc(F)c(F)c1. The molecule has 2 N–H and O–H groups in total. The molecule has 1 aromatic carbocycles. The first-order valence-corrected chi connectivity index (χ1v) is 9.38. The lowest BCUT2D eigenvalue weighted by atomic mass is 10.1. The summed E-state index contributed by atoms with van der Waals surface area (Å²) in [4.78, 5) is 26.9. The molecule has 8 nitrogen and oxygen atoms in total. The molecule has 1 aromatic heterocycles. The van der Waals surface area contributed by atoms with Crippen LogP contribution in [-0.4, -0.2) is 51.9 Å². The molecular weight excluding hydrogens is 384 g/mol. The number of fused-ring (bicyclic) bond motifs is 1.